The van der Waals surface area contributed by atoms with E-state index in [1.54, 1.807) is 0 Å². The van der Waals surface area contributed by atoms with Crippen LogP contribution in [0, 0.1) is 5.92 Å². The van der Waals surface area contributed by atoms with E-state index in [1.165, 1.54) is 30.8 Å². The van der Waals surface area contributed by atoms with E-state index >= 15 is 0 Å². The van der Waals surface area contributed by atoms with Crippen molar-refractivity contribution in [2.45, 2.75) is 39.0 Å². The summed E-state index contributed by atoms with van der Waals surface area (Å²) < 4.78 is 0. The molecule has 2 rings (SSSR count). The molecule has 2 N–H and O–H groups in total. The second-order valence-electron chi connectivity index (χ2n) is 4.96. The zero-order valence-electron chi connectivity index (χ0n) is 9.71. The Morgan fingerprint density at radius 2 is 2.40 bits per heavy atom. The predicted molar refractivity (Wildman–Crippen MR) is 62.0 cm³/mol. The van der Waals surface area contributed by atoms with Crippen LogP contribution in [0.15, 0.2) is 6.07 Å². The molecule has 1 unspecified atom stereocenters. The van der Waals surface area contributed by atoms with E-state index in [9.17, 15) is 0 Å². The molecule has 0 spiro atoms. The summed E-state index contributed by atoms with van der Waals surface area (Å²) in [5, 5.41) is 11.0. The number of rotatable bonds is 3. The molecular weight excluding hydrogens is 186 g/mol. The monoisotopic (exact) mass is 207 g/mol. The molecule has 1 fully saturated rings. The first kappa shape index (κ1) is 10.7. The van der Waals surface area contributed by atoms with Gasteiger partial charge in [-0.25, -0.2) is 0 Å². The fourth-order valence-electron chi connectivity index (χ4n) is 2.24. The molecule has 1 aliphatic heterocycles. The number of H-pyrrole nitrogens is 1. The fraction of sp³-hybridized carbons (Fsp3) is 0.750. The molecule has 84 valence electrons. The summed E-state index contributed by atoms with van der Waals surface area (Å²) >= 11 is 0. The standard InChI is InChI=1S/C12H21N3/c1-9(2)6-11-7-12(15-14-11)10-4-3-5-13-8-10/h7,9-10,13H,3-6,8H2,1-2H3,(H,14,15). The van der Waals surface area contributed by atoms with Crippen molar-refractivity contribution in [3.63, 3.8) is 0 Å². The zero-order valence-corrected chi connectivity index (χ0v) is 9.71. The SMILES string of the molecule is CC(C)Cc1cc(C2CCCNC2)n[nH]1. The topological polar surface area (TPSA) is 40.7 Å². The molecule has 1 saturated heterocycles. The van der Waals surface area contributed by atoms with Crippen molar-refractivity contribution < 1.29 is 0 Å². The Hall–Kier alpha value is -0.830. The van der Waals surface area contributed by atoms with Gasteiger partial charge in [0.15, 0.2) is 0 Å². The molecule has 0 bridgehead atoms. The van der Waals surface area contributed by atoms with Crippen LogP contribution in [0.5, 0.6) is 0 Å². The van der Waals surface area contributed by atoms with Gasteiger partial charge in [0, 0.05) is 18.2 Å². The first-order chi connectivity index (χ1) is 7.25. The van der Waals surface area contributed by atoms with Gasteiger partial charge in [0.1, 0.15) is 0 Å². The summed E-state index contributed by atoms with van der Waals surface area (Å²) in [6.07, 6.45) is 3.66. The van der Waals surface area contributed by atoms with Gasteiger partial charge in [-0.15, -0.1) is 0 Å². The van der Waals surface area contributed by atoms with Crippen LogP contribution in [-0.4, -0.2) is 23.3 Å². The van der Waals surface area contributed by atoms with Gasteiger partial charge in [-0.1, -0.05) is 13.8 Å². The van der Waals surface area contributed by atoms with E-state index in [2.05, 4.69) is 35.4 Å². The van der Waals surface area contributed by atoms with Crippen LogP contribution in [0.1, 0.15) is 44.0 Å². The van der Waals surface area contributed by atoms with Crippen molar-refractivity contribution in [1.82, 2.24) is 15.5 Å². The number of nitrogens with zero attached hydrogens (tertiary/aromatic N) is 1. The van der Waals surface area contributed by atoms with Crippen molar-refractivity contribution in [2.75, 3.05) is 13.1 Å². The second kappa shape index (κ2) is 4.79. The maximum Gasteiger partial charge on any atom is 0.0668 e. The van der Waals surface area contributed by atoms with E-state index in [0.29, 0.717) is 11.8 Å². The predicted octanol–water partition coefficient (Wildman–Crippen LogP) is 2.08. The molecule has 0 radical (unpaired) electrons. The van der Waals surface area contributed by atoms with Crippen LogP contribution >= 0.6 is 0 Å². The van der Waals surface area contributed by atoms with Gasteiger partial charge in [-0.2, -0.15) is 5.10 Å². The summed E-state index contributed by atoms with van der Waals surface area (Å²) in [5.74, 6) is 1.32. The maximum atomic E-state index is 4.43. The molecule has 1 aliphatic rings. The van der Waals surface area contributed by atoms with Gasteiger partial charge in [-0.3, -0.25) is 5.10 Å². The lowest BCUT2D eigenvalue weighted by Gasteiger charge is -2.20. The van der Waals surface area contributed by atoms with Crippen LogP contribution in [0.3, 0.4) is 0 Å². The van der Waals surface area contributed by atoms with Crippen molar-refractivity contribution in [1.29, 1.82) is 0 Å². The highest BCUT2D eigenvalue weighted by atomic mass is 15.1. The first-order valence-corrected chi connectivity index (χ1v) is 6.00. The molecule has 0 aliphatic carbocycles. The van der Waals surface area contributed by atoms with Gasteiger partial charge in [0.2, 0.25) is 0 Å². The summed E-state index contributed by atoms with van der Waals surface area (Å²) in [6.45, 7) is 6.73. The van der Waals surface area contributed by atoms with E-state index < -0.39 is 0 Å². The van der Waals surface area contributed by atoms with Crippen LogP contribution in [-0.2, 0) is 6.42 Å². The fourth-order valence-corrected chi connectivity index (χ4v) is 2.24. The molecule has 1 atom stereocenters. The lowest BCUT2D eigenvalue weighted by Crippen LogP contribution is -2.28. The van der Waals surface area contributed by atoms with E-state index in [-0.39, 0.29) is 0 Å². The van der Waals surface area contributed by atoms with Crippen molar-refractivity contribution in [2.24, 2.45) is 5.92 Å². The largest absolute Gasteiger partial charge is 0.316 e. The van der Waals surface area contributed by atoms with Gasteiger partial charge in [0.05, 0.1) is 5.69 Å². The van der Waals surface area contributed by atoms with Crippen LogP contribution in [0.4, 0.5) is 0 Å². The Morgan fingerprint density at radius 1 is 1.53 bits per heavy atom. The third-order valence-corrected chi connectivity index (χ3v) is 2.99. The Kier molecular flexibility index (Phi) is 3.41. The molecule has 3 nitrogen and oxygen atoms in total. The molecular formula is C12H21N3. The molecule has 2 heterocycles. The van der Waals surface area contributed by atoms with Gasteiger partial charge >= 0.3 is 0 Å². The molecule has 0 saturated carbocycles. The van der Waals surface area contributed by atoms with Crippen LogP contribution in [0.2, 0.25) is 0 Å². The normalized spacial score (nSPS) is 22.2. The van der Waals surface area contributed by atoms with Gasteiger partial charge in [-0.05, 0) is 37.8 Å². The van der Waals surface area contributed by atoms with Crippen molar-refractivity contribution >= 4 is 0 Å². The van der Waals surface area contributed by atoms with E-state index in [4.69, 9.17) is 0 Å². The quantitative estimate of drug-likeness (QED) is 0.796. The minimum absolute atomic E-state index is 0.621. The molecule has 1 aromatic rings. The highest BCUT2D eigenvalue weighted by Gasteiger charge is 2.17. The van der Waals surface area contributed by atoms with Crippen molar-refractivity contribution in [3.05, 3.63) is 17.5 Å². The van der Waals surface area contributed by atoms with Crippen LogP contribution in [0.25, 0.3) is 0 Å². The number of piperidine rings is 1. The summed E-state index contributed by atoms with van der Waals surface area (Å²) in [5.41, 5.74) is 2.53. The Balaban J connectivity index is 1.99. The highest BCUT2D eigenvalue weighted by molar-refractivity contribution is 5.14. The molecule has 1 aromatic heterocycles. The number of aromatic amines is 1. The van der Waals surface area contributed by atoms with E-state index in [1.807, 2.05) is 0 Å². The Labute approximate surface area is 91.7 Å². The zero-order chi connectivity index (χ0) is 10.7. The number of hydrogen-bond donors (Lipinski definition) is 2. The molecule has 15 heavy (non-hydrogen) atoms. The average Bonchev–Trinajstić information content (AvgIpc) is 2.67. The van der Waals surface area contributed by atoms with Crippen LogP contribution < -0.4 is 5.32 Å². The lowest BCUT2D eigenvalue weighted by atomic mass is 9.95. The Morgan fingerprint density at radius 3 is 3.07 bits per heavy atom. The minimum Gasteiger partial charge on any atom is -0.316 e. The minimum atomic E-state index is 0.621. The average molecular weight is 207 g/mol. The summed E-state index contributed by atoms with van der Waals surface area (Å²) in [6, 6.07) is 2.25. The Bertz CT molecular complexity index is 298. The maximum absolute atomic E-state index is 4.43. The first-order valence-electron chi connectivity index (χ1n) is 6.00. The lowest BCUT2D eigenvalue weighted by molar-refractivity contribution is 0.454. The summed E-state index contributed by atoms with van der Waals surface area (Å²) in [4.78, 5) is 0. The second-order valence-corrected chi connectivity index (χ2v) is 4.96. The molecule has 0 amide bonds. The molecule has 3 heteroatoms. The third-order valence-electron chi connectivity index (χ3n) is 2.99. The summed E-state index contributed by atoms with van der Waals surface area (Å²) in [7, 11) is 0. The van der Waals surface area contributed by atoms with Gasteiger partial charge < -0.3 is 5.32 Å². The van der Waals surface area contributed by atoms with Crippen molar-refractivity contribution in [3.8, 4) is 0 Å². The van der Waals surface area contributed by atoms with E-state index in [0.717, 1.165) is 13.0 Å². The number of aromatic nitrogens is 2. The highest BCUT2D eigenvalue weighted by Crippen LogP contribution is 2.22. The third kappa shape index (κ3) is 2.81. The smallest absolute Gasteiger partial charge is 0.0668 e. The van der Waals surface area contributed by atoms with Gasteiger partial charge in [0.25, 0.3) is 0 Å². The number of nitrogens with one attached hydrogen (secondary N) is 2. The molecule has 0 aromatic carbocycles. The number of hydrogen-bond acceptors (Lipinski definition) is 2.